The number of hydrogen-bond acceptors (Lipinski definition) is 3. The van der Waals surface area contributed by atoms with Gasteiger partial charge >= 0.3 is 5.97 Å². The fourth-order valence-corrected chi connectivity index (χ4v) is 3.43. The molecule has 0 aliphatic heterocycles. The number of aryl methyl sites for hydroxylation is 3. The lowest BCUT2D eigenvalue weighted by molar-refractivity contribution is -0.154. The van der Waals surface area contributed by atoms with Gasteiger partial charge < -0.3 is 9.64 Å². The molecular weight excluding hydrogens is 394 g/mol. The van der Waals surface area contributed by atoms with Crippen LogP contribution < -0.4 is 4.90 Å². The highest BCUT2D eigenvalue weighted by molar-refractivity contribution is 5.77. The summed E-state index contributed by atoms with van der Waals surface area (Å²) >= 11 is 0. The average molecular weight is 430 g/mol. The van der Waals surface area contributed by atoms with E-state index in [1.54, 1.807) is 0 Å². The molecule has 0 heterocycles. The molecule has 32 heavy (non-hydrogen) atoms. The number of hydrogen-bond donors (Lipinski definition) is 0. The van der Waals surface area contributed by atoms with Crippen LogP contribution in [0.1, 0.15) is 50.3 Å². The summed E-state index contributed by atoms with van der Waals surface area (Å²) in [6, 6.07) is 25.9. The minimum atomic E-state index is -0.406. The third kappa shape index (κ3) is 6.00. The molecule has 0 fully saturated rings. The molecule has 168 valence electrons. The van der Waals surface area contributed by atoms with Gasteiger partial charge in [-0.25, -0.2) is 0 Å². The minimum absolute atomic E-state index is 0.109. The van der Waals surface area contributed by atoms with Crippen LogP contribution >= 0.6 is 0 Å². The van der Waals surface area contributed by atoms with Crippen LogP contribution in [0.15, 0.2) is 72.8 Å². The molecule has 0 N–H and O–H groups in total. The topological polar surface area (TPSA) is 29.5 Å². The van der Waals surface area contributed by atoms with Crippen molar-refractivity contribution in [2.75, 3.05) is 11.5 Å². The molecule has 0 spiro atoms. The van der Waals surface area contributed by atoms with Gasteiger partial charge in [0, 0.05) is 17.1 Å². The van der Waals surface area contributed by atoms with Gasteiger partial charge in [0.2, 0.25) is 0 Å². The second-order valence-electron chi connectivity index (χ2n) is 9.15. The van der Waals surface area contributed by atoms with Crippen molar-refractivity contribution in [2.24, 2.45) is 5.41 Å². The Balaban J connectivity index is 1.70. The Kier molecular flexibility index (Phi) is 7.74. The Labute approximate surface area is 193 Å². The van der Waals surface area contributed by atoms with Crippen molar-refractivity contribution in [2.45, 2.75) is 53.9 Å². The third-order valence-electron chi connectivity index (χ3n) is 6.06. The maximum atomic E-state index is 12.1. The van der Waals surface area contributed by atoms with Gasteiger partial charge in [-0.2, -0.15) is 0 Å². The van der Waals surface area contributed by atoms with E-state index in [2.05, 4.69) is 91.5 Å². The van der Waals surface area contributed by atoms with Crippen LogP contribution in [0.25, 0.3) is 0 Å². The summed E-state index contributed by atoms with van der Waals surface area (Å²) in [6.45, 7) is 10.6. The van der Waals surface area contributed by atoms with Crippen molar-refractivity contribution in [1.29, 1.82) is 0 Å². The van der Waals surface area contributed by atoms with E-state index in [-0.39, 0.29) is 5.97 Å². The minimum Gasteiger partial charge on any atom is -0.465 e. The van der Waals surface area contributed by atoms with Crippen molar-refractivity contribution >= 4 is 23.0 Å². The normalized spacial score (nSPS) is 11.3. The maximum Gasteiger partial charge on any atom is 0.311 e. The van der Waals surface area contributed by atoms with Crippen LogP contribution in [0, 0.1) is 19.3 Å². The first-order chi connectivity index (χ1) is 15.3. The number of esters is 1. The number of carbonyl (C=O) groups excluding carboxylic acids is 1. The maximum absolute atomic E-state index is 12.1. The van der Waals surface area contributed by atoms with Gasteiger partial charge in [-0.05, 0) is 88.9 Å². The summed E-state index contributed by atoms with van der Waals surface area (Å²) < 4.78 is 5.47. The van der Waals surface area contributed by atoms with E-state index in [0.29, 0.717) is 6.61 Å². The highest BCUT2D eigenvalue weighted by atomic mass is 16.5. The lowest BCUT2D eigenvalue weighted by Crippen LogP contribution is -2.26. The Morgan fingerprint density at radius 1 is 0.781 bits per heavy atom. The molecule has 3 nitrogen and oxygen atoms in total. The van der Waals surface area contributed by atoms with Gasteiger partial charge in [-0.15, -0.1) is 0 Å². The van der Waals surface area contributed by atoms with E-state index < -0.39 is 5.41 Å². The standard InChI is InChI=1S/C29H35NO2/c1-6-29(4,5)28(31)32-21-7-8-24-13-19-27(20-14-24)30(25-15-9-22(2)10-16-25)26-17-11-23(3)12-18-26/h9-20H,6-8,21H2,1-5H3. The molecular formula is C29H35NO2. The van der Waals surface area contributed by atoms with E-state index >= 15 is 0 Å². The molecule has 3 aromatic carbocycles. The van der Waals surface area contributed by atoms with E-state index in [1.165, 1.54) is 16.7 Å². The summed E-state index contributed by atoms with van der Waals surface area (Å²) in [5.41, 5.74) is 6.73. The summed E-state index contributed by atoms with van der Waals surface area (Å²) in [5, 5.41) is 0. The van der Waals surface area contributed by atoms with Crippen LogP contribution in [-0.4, -0.2) is 12.6 Å². The molecule has 0 aromatic heterocycles. The lowest BCUT2D eigenvalue weighted by atomic mass is 9.91. The van der Waals surface area contributed by atoms with Crippen molar-refractivity contribution in [3.63, 3.8) is 0 Å². The van der Waals surface area contributed by atoms with Gasteiger partial charge in [-0.1, -0.05) is 54.4 Å². The molecule has 3 rings (SSSR count). The largest absolute Gasteiger partial charge is 0.465 e. The van der Waals surface area contributed by atoms with Gasteiger partial charge in [-0.3, -0.25) is 4.79 Å². The molecule has 0 saturated heterocycles. The molecule has 0 amide bonds. The Morgan fingerprint density at radius 2 is 1.22 bits per heavy atom. The van der Waals surface area contributed by atoms with E-state index in [4.69, 9.17) is 4.74 Å². The van der Waals surface area contributed by atoms with E-state index in [0.717, 1.165) is 36.3 Å². The SMILES string of the molecule is CCC(C)(C)C(=O)OCCCc1ccc(N(c2ccc(C)cc2)c2ccc(C)cc2)cc1. The number of benzene rings is 3. The second kappa shape index (κ2) is 10.5. The molecule has 0 saturated carbocycles. The van der Waals surface area contributed by atoms with Crippen LogP contribution in [0.4, 0.5) is 17.1 Å². The Morgan fingerprint density at radius 3 is 1.66 bits per heavy atom. The molecule has 0 bridgehead atoms. The van der Waals surface area contributed by atoms with Gasteiger partial charge in [0.25, 0.3) is 0 Å². The van der Waals surface area contributed by atoms with Crippen molar-refractivity contribution < 1.29 is 9.53 Å². The van der Waals surface area contributed by atoms with Gasteiger partial charge in [0.15, 0.2) is 0 Å². The molecule has 0 atom stereocenters. The van der Waals surface area contributed by atoms with Gasteiger partial charge in [0.1, 0.15) is 0 Å². The quantitative estimate of drug-likeness (QED) is 0.258. The molecule has 0 aliphatic rings. The zero-order valence-corrected chi connectivity index (χ0v) is 20.0. The number of nitrogens with zero attached hydrogens (tertiary/aromatic N) is 1. The second-order valence-corrected chi connectivity index (χ2v) is 9.15. The van der Waals surface area contributed by atoms with Crippen LogP contribution in [0.5, 0.6) is 0 Å². The Bertz CT molecular complexity index is 957. The molecule has 3 aromatic rings. The van der Waals surface area contributed by atoms with E-state index in [9.17, 15) is 4.79 Å². The highest BCUT2D eigenvalue weighted by Crippen LogP contribution is 2.34. The summed E-state index contributed by atoms with van der Waals surface area (Å²) in [5.74, 6) is -0.109. The summed E-state index contributed by atoms with van der Waals surface area (Å²) in [4.78, 5) is 14.4. The molecule has 0 unspecified atom stereocenters. The Hall–Kier alpha value is -3.07. The number of carbonyl (C=O) groups is 1. The molecule has 3 heteroatoms. The summed E-state index contributed by atoms with van der Waals surface area (Å²) in [6.07, 6.45) is 2.49. The van der Waals surface area contributed by atoms with Gasteiger partial charge in [0.05, 0.1) is 12.0 Å². The smallest absolute Gasteiger partial charge is 0.311 e. The average Bonchev–Trinajstić information content (AvgIpc) is 2.80. The van der Waals surface area contributed by atoms with Crippen molar-refractivity contribution in [3.8, 4) is 0 Å². The lowest BCUT2D eigenvalue weighted by Gasteiger charge is -2.26. The first-order valence-corrected chi connectivity index (χ1v) is 11.5. The first-order valence-electron chi connectivity index (χ1n) is 11.5. The molecule has 0 aliphatic carbocycles. The van der Waals surface area contributed by atoms with Crippen LogP contribution in [0.3, 0.4) is 0 Å². The van der Waals surface area contributed by atoms with Crippen LogP contribution in [0.2, 0.25) is 0 Å². The summed E-state index contributed by atoms with van der Waals surface area (Å²) in [7, 11) is 0. The highest BCUT2D eigenvalue weighted by Gasteiger charge is 2.26. The van der Waals surface area contributed by atoms with E-state index in [1.807, 2.05) is 20.8 Å². The van der Waals surface area contributed by atoms with Crippen LogP contribution in [-0.2, 0) is 16.0 Å². The molecule has 0 radical (unpaired) electrons. The third-order valence-corrected chi connectivity index (χ3v) is 6.06. The zero-order chi connectivity index (χ0) is 23.1. The number of rotatable bonds is 9. The fraction of sp³-hybridized carbons (Fsp3) is 0.345. The van der Waals surface area contributed by atoms with Crippen molar-refractivity contribution in [3.05, 3.63) is 89.5 Å². The first kappa shape index (κ1) is 23.6. The number of anilines is 3. The fourth-order valence-electron chi connectivity index (χ4n) is 3.43. The number of ether oxygens (including phenoxy) is 1. The predicted molar refractivity (Wildman–Crippen MR) is 134 cm³/mol. The predicted octanol–water partition coefficient (Wildman–Crippen LogP) is 7.69. The monoisotopic (exact) mass is 429 g/mol. The van der Waals surface area contributed by atoms with Crippen molar-refractivity contribution in [1.82, 2.24) is 0 Å². The zero-order valence-electron chi connectivity index (χ0n) is 20.0.